The Hall–Kier alpha value is -1.42. The number of alkyl halides is 1. The maximum atomic E-state index is 13.2. The highest BCUT2D eigenvalue weighted by molar-refractivity contribution is 5.70. The van der Waals surface area contributed by atoms with Crippen LogP contribution in [0.4, 0.5) is 4.39 Å². The van der Waals surface area contributed by atoms with Gasteiger partial charge in [0.1, 0.15) is 0 Å². The average Bonchev–Trinajstić information content (AvgIpc) is 2.18. The van der Waals surface area contributed by atoms with E-state index in [1.807, 2.05) is 0 Å². The van der Waals surface area contributed by atoms with E-state index in [1.54, 1.807) is 31.2 Å². The normalized spacial score (nSPS) is 12.4. The Labute approximate surface area is 87.5 Å². The lowest BCUT2D eigenvalue weighted by Gasteiger charge is -2.08. The average molecular weight is 212 g/mol. The van der Waals surface area contributed by atoms with Crippen LogP contribution in [0.5, 0.6) is 0 Å². The van der Waals surface area contributed by atoms with E-state index in [2.05, 4.69) is 0 Å². The molecule has 0 radical (unpaired) electrons. The van der Waals surface area contributed by atoms with E-state index in [4.69, 9.17) is 9.84 Å². The molecule has 0 fully saturated rings. The number of hydrogen-bond donors (Lipinski definition) is 1. The minimum atomic E-state index is -1.44. The Morgan fingerprint density at radius 1 is 1.47 bits per heavy atom. The van der Waals surface area contributed by atoms with Crippen LogP contribution >= 0.6 is 0 Å². The highest BCUT2D eigenvalue weighted by Crippen LogP contribution is 2.19. The van der Waals surface area contributed by atoms with Crippen molar-refractivity contribution in [2.75, 3.05) is 6.61 Å². The molecule has 0 aliphatic carbocycles. The molecule has 82 valence electrons. The number of carboxylic acid groups (broad SMARTS) is 1. The maximum absolute atomic E-state index is 13.2. The highest BCUT2D eigenvalue weighted by Gasteiger charge is 2.08. The van der Waals surface area contributed by atoms with Gasteiger partial charge in [0.2, 0.25) is 6.36 Å². The van der Waals surface area contributed by atoms with Crippen LogP contribution in [0.15, 0.2) is 24.3 Å². The van der Waals surface area contributed by atoms with E-state index in [0.717, 1.165) is 0 Å². The Bertz CT molecular complexity index is 321. The summed E-state index contributed by atoms with van der Waals surface area (Å²) in [6.45, 7) is 2.02. The summed E-state index contributed by atoms with van der Waals surface area (Å²) in [7, 11) is 0. The van der Waals surface area contributed by atoms with Gasteiger partial charge in [0, 0.05) is 12.2 Å². The van der Waals surface area contributed by atoms with Crippen molar-refractivity contribution >= 4 is 5.97 Å². The lowest BCUT2D eigenvalue weighted by molar-refractivity contribution is -0.136. The minimum absolute atomic E-state index is 0.0497. The molecule has 1 unspecified atom stereocenters. The largest absolute Gasteiger partial charge is 0.481 e. The first kappa shape index (κ1) is 11.7. The second-order valence-electron chi connectivity index (χ2n) is 3.08. The topological polar surface area (TPSA) is 46.5 Å². The van der Waals surface area contributed by atoms with Crippen molar-refractivity contribution in [1.82, 2.24) is 0 Å². The fourth-order valence-electron chi connectivity index (χ4n) is 1.20. The van der Waals surface area contributed by atoms with Gasteiger partial charge in [0.05, 0.1) is 6.42 Å². The smallest absolute Gasteiger partial charge is 0.307 e. The zero-order chi connectivity index (χ0) is 11.3. The molecule has 0 bridgehead atoms. The molecular weight excluding hydrogens is 199 g/mol. The van der Waals surface area contributed by atoms with Gasteiger partial charge in [-0.2, -0.15) is 0 Å². The molecule has 0 aromatic heterocycles. The van der Waals surface area contributed by atoms with Crippen LogP contribution in [0.3, 0.4) is 0 Å². The lowest BCUT2D eigenvalue weighted by Crippen LogP contribution is -2.01. The van der Waals surface area contributed by atoms with Crippen LogP contribution in [0, 0.1) is 0 Å². The molecule has 1 aromatic carbocycles. The number of ether oxygens (including phenoxy) is 1. The molecule has 0 heterocycles. The molecule has 1 atom stereocenters. The van der Waals surface area contributed by atoms with Gasteiger partial charge in [0.25, 0.3) is 0 Å². The predicted molar refractivity (Wildman–Crippen MR) is 53.3 cm³/mol. The van der Waals surface area contributed by atoms with Crippen LogP contribution in [0.2, 0.25) is 0 Å². The summed E-state index contributed by atoms with van der Waals surface area (Å²) in [5, 5.41) is 8.53. The third kappa shape index (κ3) is 3.67. The SMILES string of the molecule is CCOC(F)c1ccc(CC(=O)O)cc1. The fraction of sp³-hybridized carbons (Fsp3) is 0.364. The summed E-state index contributed by atoms with van der Waals surface area (Å²) in [5.41, 5.74) is 1.06. The van der Waals surface area contributed by atoms with Gasteiger partial charge >= 0.3 is 5.97 Å². The van der Waals surface area contributed by atoms with Gasteiger partial charge in [-0.1, -0.05) is 24.3 Å². The van der Waals surface area contributed by atoms with Crippen molar-refractivity contribution in [2.24, 2.45) is 0 Å². The molecule has 0 saturated carbocycles. The van der Waals surface area contributed by atoms with Crippen LogP contribution in [-0.2, 0) is 16.0 Å². The Kier molecular flexibility index (Phi) is 4.24. The van der Waals surface area contributed by atoms with Gasteiger partial charge in [-0.15, -0.1) is 0 Å². The quantitative estimate of drug-likeness (QED) is 0.814. The minimum Gasteiger partial charge on any atom is -0.481 e. The molecule has 1 aromatic rings. The van der Waals surface area contributed by atoms with Crippen molar-refractivity contribution in [2.45, 2.75) is 19.7 Å². The van der Waals surface area contributed by atoms with Crippen LogP contribution in [-0.4, -0.2) is 17.7 Å². The fourth-order valence-corrected chi connectivity index (χ4v) is 1.20. The van der Waals surface area contributed by atoms with Crippen LogP contribution in [0.25, 0.3) is 0 Å². The van der Waals surface area contributed by atoms with Crippen molar-refractivity contribution < 1.29 is 19.0 Å². The summed E-state index contributed by atoms with van der Waals surface area (Å²) in [4.78, 5) is 10.4. The second-order valence-corrected chi connectivity index (χ2v) is 3.08. The van der Waals surface area contributed by atoms with E-state index in [-0.39, 0.29) is 6.42 Å². The molecule has 4 heteroatoms. The van der Waals surface area contributed by atoms with Crippen molar-refractivity contribution in [3.05, 3.63) is 35.4 Å². The van der Waals surface area contributed by atoms with Crippen molar-refractivity contribution in [1.29, 1.82) is 0 Å². The zero-order valence-electron chi connectivity index (χ0n) is 8.44. The number of halogens is 1. The first-order chi connectivity index (χ1) is 7.13. The second kappa shape index (κ2) is 5.46. The standard InChI is InChI=1S/C11H13FO3/c1-2-15-11(12)9-5-3-8(4-6-9)7-10(13)14/h3-6,11H,2,7H2,1H3,(H,13,14). The molecule has 3 nitrogen and oxygen atoms in total. The summed E-state index contributed by atoms with van der Waals surface area (Å²) < 4.78 is 18.0. The molecule has 0 aliphatic heterocycles. The van der Waals surface area contributed by atoms with E-state index in [0.29, 0.717) is 17.7 Å². The van der Waals surface area contributed by atoms with E-state index < -0.39 is 12.3 Å². The van der Waals surface area contributed by atoms with Gasteiger partial charge < -0.3 is 9.84 Å². The van der Waals surface area contributed by atoms with E-state index >= 15 is 0 Å². The molecular formula is C11H13FO3. The van der Waals surface area contributed by atoms with E-state index in [9.17, 15) is 9.18 Å². The number of rotatable bonds is 5. The van der Waals surface area contributed by atoms with Crippen LogP contribution in [0.1, 0.15) is 24.4 Å². The molecule has 1 rings (SSSR count). The monoisotopic (exact) mass is 212 g/mol. The number of aliphatic carboxylic acids is 1. The number of benzene rings is 1. The van der Waals surface area contributed by atoms with E-state index in [1.165, 1.54) is 0 Å². The predicted octanol–water partition coefficient (Wildman–Crippen LogP) is 2.32. The van der Waals surface area contributed by atoms with Gasteiger partial charge in [-0.25, -0.2) is 4.39 Å². The molecule has 0 aliphatic rings. The van der Waals surface area contributed by atoms with Crippen molar-refractivity contribution in [3.63, 3.8) is 0 Å². The third-order valence-electron chi connectivity index (χ3n) is 1.91. The van der Waals surface area contributed by atoms with Gasteiger partial charge in [-0.05, 0) is 12.5 Å². The molecule has 0 amide bonds. The Balaban J connectivity index is 2.67. The summed E-state index contributed by atoms with van der Waals surface area (Å²) in [6, 6.07) is 6.27. The van der Waals surface area contributed by atoms with Crippen LogP contribution < -0.4 is 0 Å². The molecule has 0 saturated heterocycles. The number of carboxylic acids is 1. The summed E-state index contributed by atoms with van der Waals surface area (Å²) in [6.07, 6.45) is -1.49. The first-order valence-corrected chi connectivity index (χ1v) is 4.69. The molecule has 0 spiro atoms. The van der Waals surface area contributed by atoms with Gasteiger partial charge in [0.15, 0.2) is 0 Å². The lowest BCUT2D eigenvalue weighted by atomic mass is 10.1. The third-order valence-corrected chi connectivity index (χ3v) is 1.91. The van der Waals surface area contributed by atoms with Gasteiger partial charge in [-0.3, -0.25) is 4.79 Å². The number of carbonyl (C=O) groups is 1. The van der Waals surface area contributed by atoms with Crippen molar-refractivity contribution in [3.8, 4) is 0 Å². The Morgan fingerprint density at radius 2 is 2.07 bits per heavy atom. The first-order valence-electron chi connectivity index (χ1n) is 4.69. The summed E-state index contributed by atoms with van der Waals surface area (Å²) in [5.74, 6) is -0.899. The molecule has 15 heavy (non-hydrogen) atoms. The molecule has 1 N–H and O–H groups in total. The summed E-state index contributed by atoms with van der Waals surface area (Å²) >= 11 is 0. The Morgan fingerprint density at radius 3 is 2.53 bits per heavy atom. The zero-order valence-corrected chi connectivity index (χ0v) is 8.44. The maximum Gasteiger partial charge on any atom is 0.307 e. The number of hydrogen-bond acceptors (Lipinski definition) is 2. The highest BCUT2D eigenvalue weighted by atomic mass is 19.1.